The van der Waals surface area contributed by atoms with Crippen LogP contribution in [0.15, 0.2) is 12.5 Å². The van der Waals surface area contributed by atoms with Crippen LogP contribution in [0, 0.1) is 10.8 Å². The SMILES string of the molecule is CC(C)(C)CCC(C)(C)O/C=C/OCC(C)(C)C. The summed E-state index contributed by atoms with van der Waals surface area (Å²) < 4.78 is 11.2. The topological polar surface area (TPSA) is 18.5 Å². The van der Waals surface area contributed by atoms with E-state index in [0.717, 1.165) is 12.8 Å². The first-order valence-corrected chi connectivity index (χ1v) is 6.86. The summed E-state index contributed by atoms with van der Waals surface area (Å²) in [5, 5.41) is 0. The van der Waals surface area contributed by atoms with Gasteiger partial charge in [-0.3, -0.25) is 0 Å². The average Bonchev–Trinajstić information content (AvgIpc) is 2.11. The van der Waals surface area contributed by atoms with Gasteiger partial charge >= 0.3 is 0 Å². The van der Waals surface area contributed by atoms with Crippen molar-refractivity contribution < 1.29 is 9.47 Å². The van der Waals surface area contributed by atoms with E-state index in [2.05, 4.69) is 55.4 Å². The van der Waals surface area contributed by atoms with Crippen LogP contribution in [0.4, 0.5) is 0 Å². The molecule has 0 bridgehead atoms. The van der Waals surface area contributed by atoms with Gasteiger partial charge in [-0.2, -0.15) is 0 Å². The molecule has 2 heteroatoms. The fraction of sp³-hybridized carbons (Fsp3) is 0.875. The molecular formula is C16H32O2. The molecule has 0 rings (SSSR count). The average molecular weight is 256 g/mol. The quantitative estimate of drug-likeness (QED) is 0.612. The van der Waals surface area contributed by atoms with Gasteiger partial charge in [-0.1, -0.05) is 41.5 Å². The van der Waals surface area contributed by atoms with Crippen LogP contribution in [0.5, 0.6) is 0 Å². The van der Waals surface area contributed by atoms with Crippen molar-refractivity contribution in [2.75, 3.05) is 6.61 Å². The van der Waals surface area contributed by atoms with E-state index in [1.807, 2.05) is 0 Å². The molecule has 0 aromatic heterocycles. The lowest BCUT2D eigenvalue weighted by atomic mass is 9.86. The maximum atomic E-state index is 5.73. The van der Waals surface area contributed by atoms with E-state index in [9.17, 15) is 0 Å². The van der Waals surface area contributed by atoms with E-state index in [0.29, 0.717) is 12.0 Å². The van der Waals surface area contributed by atoms with Crippen molar-refractivity contribution in [1.82, 2.24) is 0 Å². The summed E-state index contributed by atoms with van der Waals surface area (Å²) in [6.07, 6.45) is 5.52. The van der Waals surface area contributed by atoms with Gasteiger partial charge < -0.3 is 9.47 Å². The van der Waals surface area contributed by atoms with E-state index < -0.39 is 0 Å². The molecule has 0 saturated heterocycles. The summed E-state index contributed by atoms with van der Waals surface area (Å²) >= 11 is 0. The molecule has 0 aromatic carbocycles. The Morgan fingerprint density at radius 1 is 0.722 bits per heavy atom. The number of hydrogen-bond donors (Lipinski definition) is 0. The van der Waals surface area contributed by atoms with Gasteiger partial charge in [0.25, 0.3) is 0 Å². The van der Waals surface area contributed by atoms with Crippen LogP contribution in [-0.2, 0) is 9.47 Å². The summed E-state index contributed by atoms with van der Waals surface area (Å²) in [7, 11) is 0. The molecule has 0 aliphatic rings. The maximum absolute atomic E-state index is 5.73. The summed E-state index contributed by atoms with van der Waals surface area (Å²) in [5.74, 6) is 0. The van der Waals surface area contributed by atoms with E-state index >= 15 is 0 Å². The lowest BCUT2D eigenvalue weighted by molar-refractivity contribution is 0.0315. The summed E-state index contributed by atoms with van der Waals surface area (Å²) in [4.78, 5) is 0. The summed E-state index contributed by atoms with van der Waals surface area (Å²) in [6.45, 7) is 18.1. The molecular weight excluding hydrogens is 224 g/mol. The number of hydrogen-bond acceptors (Lipinski definition) is 2. The monoisotopic (exact) mass is 256 g/mol. The molecule has 0 amide bonds. The molecule has 0 unspecified atom stereocenters. The van der Waals surface area contributed by atoms with Crippen LogP contribution < -0.4 is 0 Å². The Morgan fingerprint density at radius 2 is 1.28 bits per heavy atom. The standard InChI is InChI=1S/C16H32O2/c1-14(2,3)9-10-16(7,8)18-12-11-17-13-15(4,5)6/h11-12H,9-10,13H2,1-8H3/b12-11+. The van der Waals surface area contributed by atoms with Crippen LogP contribution in [0.2, 0.25) is 0 Å². The van der Waals surface area contributed by atoms with Crippen LogP contribution in [-0.4, -0.2) is 12.2 Å². The van der Waals surface area contributed by atoms with Gasteiger partial charge in [0.05, 0.1) is 6.61 Å². The molecule has 0 fully saturated rings. The second-order valence-electron chi connectivity index (χ2n) is 8.08. The fourth-order valence-electron chi connectivity index (χ4n) is 1.28. The van der Waals surface area contributed by atoms with Gasteiger partial charge in [-0.25, -0.2) is 0 Å². The van der Waals surface area contributed by atoms with E-state index in [-0.39, 0.29) is 11.0 Å². The van der Waals surface area contributed by atoms with Crippen molar-refractivity contribution in [2.45, 2.75) is 73.8 Å². The molecule has 0 saturated carbocycles. The molecule has 0 aliphatic heterocycles. The van der Waals surface area contributed by atoms with Crippen molar-refractivity contribution in [2.24, 2.45) is 10.8 Å². The van der Waals surface area contributed by atoms with Crippen LogP contribution in [0.25, 0.3) is 0 Å². The van der Waals surface area contributed by atoms with Gasteiger partial charge in [0.15, 0.2) is 0 Å². The summed E-state index contributed by atoms with van der Waals surface area (Å²) in [6, 6.07) is 0. The number of rotatable bonds is 6. The Hall–Kier alpha value is -0.660. The molecule has 0 aromatic rings. The molecule has 0 heterocycles. The van der Waals surface area contributed by atoms with Crippen LogP contribution in [0.1, 0.15) is 68.2 Å². The zero-order valence-electron chi connectivity index (χ0n) is 13.6. The lowest BCUT2D eigenvalue weighted by Crippen LogP contribution is -2.24. The van der Waals surface area contributed by atoms with Crippen molar-refractivity contribution in [1.29, 1.82) is 0 Å². The van der Waals surface area contributed by atoms with Crippen molar-refractivity contribution >= 4 is 0 Å². The van der Waals surface area contributed by atoms with Crippen LogP contribution >= 0.6 is 0 Å². The first kappa shape index (κ1) is 17.3. The molecule has 0 N–H and O–H groups in total. The molecule has 2 nitrogen and oxygen atoms in total. The van der Waals surface area contributed by atoms with Crippen molar-refractivity contribution in [3.63, 3.8) is 0 Å². The highest BCUT2D eigenvalue weighted by molar-refractivity contribution is 4.77. The predicted molar refractivity (Wildman–Crippen MR) is 78.4 cm³/mol. The first-order valence-electron chi connectivity index (χ1n) is 6.86. The minimum atomic E-state index is -0.130. The lowest BCUT2D eigenvalue weighted by Gasteiger charge is -2.28. The van der Waals surface area contributed by atoms with Gasteiger partial charge in [0.1, 0.15) is 18.1 Å². The Morgan fingerprint density at radius 3 is 1.72 bits per heavy atom. The fourth-order valence-corrected chi connectivity index (χ4v) is 1.28. The van der Waals surface area contributed by atoms with E-state index in [1.165, 1.54) is 0 Å². The van der Waals surface area contributed by atoms with Crippen LogP contribution in [0.3, 0.4) is 0 Å². The Bertz CT molecular complexity index is 251. The third-order valence-electron chi connectivity index (χ3n) is 2.53. The van der Waals surface area contributed by atoms with E-state index in [1.54, 1.807) is 12.5 Å². The molecule has 0 spiro atoms. The molecule has 0 atom stereocenters. The van der Waals surface area contributed by atoms with Crippen molar-refractivity contribution in [3.05, 3.63) is 12.5 Å². The highest BCUT2D eigenvalue weighted by Gasteiger charge is 2.21. The smallest absolute Gasteiger partial charge is 0.118 e. The number of ether oxygens (including phenoxy) is 2. The van der Waals surface area contributed by atoms with E-state index in [4.69, 9.17) is 9.47 Å². The molecule has 0 radical (unpaired) electrons. The zero-order valence-corrected chi connectivity index (χ0v) is 13.6. The zero-order chi connectivity index (χ0) is 14.4. The minimum Gasteiger partial charge on any atom is -0.497 e. The maximum Gasteiger partial charge on any atom is 0.118 e. The van der Waals surface area contributed by atoms with Gasteiger partial charge in [0, 0.05) is 0 Å². The largest absolute Gasteiger partial charge is 0.497 e. The van der Waals surface area contributed by atoms with Crippen molar-refractivity contribution in [3.8, 4) is 0 Å². The minimum absolute atomic E-state index is 0.130. The normalized spacial score (nSPS) is 14.0. The Kier molecular flexibility index (Phi) is 6.25. The molecule has 18 heavy (non-hydrogen) atoms. The molecule has 108 valence electrons. The first-order chi connectivity index (χ1) is 7.91. The second kappa shape index (κ2) is 6.49. The highest BCUT2D eigenvalue weighted by Crippen LogP contribution is 2.27. The predicted octanol–water partition coefficient (Wildman–Crippen LogP) is 5.14. The summed E-state index contributed by atoms with van der Waals surface area (Å²) in [5.41, 5.74) is 0.411. The van der Waals surface area contributed by atoms with Gasteiger partial charge in [-0.15, -0.1) is 0 Å². The Balaban J connectivity index is 3.92. The highest BCUT2D eigenvalue weighted by atomic mass is 16.5. The molecule has 0 aliphatic carbocycles. The second-order valence-corrected chi connectivity index (χ2v) is 8.08. The van der Waals surface area contributed by atoms with Gasteiger partial charge in [0.2, 0.25) is 0 Å². The third-order valence-corrected chi connectivity index (χ3v) is 2.53. The Labute approximate surface area is 114 Å². The van der Waals surface area contributed by atoms with Gasteiger partial charge in [-0.05, 0) is 37.5 Å². The third kappa shape index (κ3) is 11.8.